The summed E-state index contributed by atoms with van der Waals surface area (Å²) in [6.07, 6.45) is 0. The first-order valence-electron chi connectivity index (χ1n) is 9.55. The van der Waals surface area contributed by atoms with E-state index >= 15 is 0 Å². The number of quaternary nitrogens is 1. The third kappa shape index (κ3) is 6.02. The Morgan fingerprint density at radius 3 is 2.28 bits per heavy atom. The van der Waals surface area contributed by atoms with E-state index in [-0.39, 0.29) is 11.8 Å². The number of nitrogens with one attached hydrogen (secondary N) is 3. The Morgan fingerprint density at radius 1 is 1.00 bits per heavy atom. The number of benzene rings is 2. The average Bonchev–Trinajstić information content (AvgIpc) is 3.18. The highest BCUT2D eigenvalue weighted by molar-refractivity contribution is 5.92. The molecule has 0 saturated carbocycles. The molecule has 150 valence electrons. The maximum absolute atomic E-state index is 12.4. The first kappa shape index (κ1) is 20.3. The zero-order chi connectivity index (χ0) is 20.6. The number of nitrogens with zero attached hydrogens (tertiary/aromatic N) is 1. The van der Waals surface area contributed by atoms with E-state index in [0.717, 1.165) is 28.5 Å². The van der Waals surface area contributed by atoms with Crippen LogP contribution in [0.2, 0.25) is 0 Å². The van der Waals surface area contributed by atoms with Crippen molar-refractivity contribution in [3.63, 3.8) is 0 Å². The van der Waals surface area contributed by atoms with Crippen molar-refractivity contribution >= 4 is 23.2 Å². The van der Waals surface area contributed by atoms with Crippen LogP contribution in [0.25, 0.3) is 11.3 Å². The van der Waals surface area contributed by atoms with Crippen LogP contribution in [0.15, 0.2) is 65.2 Å². The molecule has 0 bridgehead atoms. The molecule has 1 atom stereocenters. The van der Waals surface area contributed by atoms with E-state index in [1.54, 1.807) is 24.3 Å². The predicted molar refractivity (Wildman–Crippen MR) is 111 cm³/mol. The molecule has 2 amide bonds. The minimum Gasteiger partial charge on any atom is -0.356 e. The highest BCUT2D eigenvalue weighted by Gasteiger charge is 2.16. The third-order valence-electron chi connectivity index (χ3n) is 4.45. The van der Waals surface area contributed by atoms with Gasteiger partial charge in [0, 0.05) is 29.9 Å². The molecule has 3 rings (SSSR count). The highest BCUT2D eigenvalue weighted by Crippen LogP contribution is 2.19. The summed E-state index contributed by atoms with van der Waals surface area (Å²) in [4.78, 5) is 24.6. The number of anilines is 2. The maximum atomic E-state index is 12.4. The lowest BCUT2D eigenvalue weighted by atomic mass is 10.1. The first-order chi connectivity index (χ1) is 14.0. The molecule has 3 N–H and O–H groups in total. The van der Waals surface area contributed by atoms with Gasteiger partial charge in [0.25, 0.3) is 5.91 Å². The van der Waals surface area contributed by atoms with Gasteiger partial charge in [-0.15, -0.1) is 0 Å². The summed E-state index contributed by atoms with van der Waals surface area (Å²) in [5.41, 5.74) is 3.17. The molecule has 1 heterocycles. The van der Waals surface area contributed by atoms with Gasteiger partial charge in [0.2, 0.25) is 5.91 Å². The second-order valence-electron chi connectivity index (χ2n) is 6.81. The number of likely N-dealkylation sites (N-methyl/N-ethyl adjacent to an activating group) is 1. The van der Waals surface area contributed by atoms with Gasteiger partial charge in [-0.05, 0) is 31.2 Å². The van der Waals surface area contributed by atoms with E-state index in [9.17, 15) is 9.59 Å². The van der Waals surface area contributed by atoms with Crippen LogP contribution in [0.5, 0.6) is 0 Å². The number of carbonyl (C=O) groups is 2. The van der Waals surface area contributed by atoms with Crippen LogP contribution in [-0.2, 0) is 16.1 Å². The fourth-order valence-electron chi connectivity index (χ4n) is 2.97. The second kappa shape index (κ2) is 9.66. The molecule has 1 unspecified atom stereocenters. The molecule has 0 aliphatic carbocycles. The fourth-order valence-corrected chi connectivity index (χ4v) is 2.97. The van der Waals surface area contributed by atoms with E-state index in [0.29, 0.717) is 24.5 Å². The zero-order valence-corrected chi connectivity index (χ0v) is 16.6. The summed E-state index contributed by atoms with van der Waals surface area (Å²) in [5, 5.41) is 9.73. The van der Waals surface area contributed by atoms with Crippen molar-refractivity contribution in [1.82, 2.24) is 5.16 Å². The van der Waals surface area contributed by atoms with Crippen LogP contribution in [0.1, 0.15) is 19.5 Å². The summed E-state index contributed by atoms with van der Waals surface area (Å²) >= 11 is 0. The molecule has 0 aliphatic heterocycles. The minimum absolute atomic E-state index is 0.0825. The number of carbonyl (C=O) groups excluding carboxylic acids is 2. The Kier molecular flexibility index (Phi) is 6.76. The highest BCUT2D eigenvalue weighted by atomic mass is 16.5. The normalized spacial score (nSPS) is 11.7. The third-order valence-corrected chi connectivity index (χ3v) is 4.45. The number of rotatable bonds is 8. The van der Waals surface area contributed by atoms with Crippen LogP contribution in [-0.4, -0.2) is 30.1 Å². The summed E-state index contributed by atoms with van der Waals surface area (Å²) in [5.74, 6) is 0.507. The Hall–Kier alpha value is -3.45. The summed E-state index contributed by atoms with van der Waals surface area (Å²) in [6.45, 7) is 5.18. The van der Waals surface area contributed by atoms with Crippen molar-refractivity contribution in [2.45, 2.75) is 20.4 Å². The van der Waals surface area contributed by atoms with Crippen molar-refractivity contribution in [2.24, 2.45) is 0 Å². The molecular formula is C22H25N4O3+. The lowest BCUT2D eigenvalue weighted by Gasteiger charge is -2.16. The van der Waals surface area contributed by atoms with Crippen molar-refractivity contribution < 1.29 is 19.0 Å². The van der Waals surface area contributed by atoms with E-state index in [1.165, 1.54) is 6.92 Å². The molecule has 0 saturated heterocycles. The van der Waals surface area contributed by atoms with Gasteiger partial charge in [-0.25, -0.2) is 0 Å². The number of hydrogen-bond acceptors (Lipinski definition) is 4. The van der Waals surface area contributed by atoms with Gasteiger partial charge in [0.05, 0.1) is 6.54 Å². The standard InChI is InChI=1S/C22H24N4O3/c1-3-26(14-20-13-21(29-25-20)17-7-5-4-6-8-17)15-22(28)24-19-11-9-18(10-12-19)23-16(2)27/h4-13H,3,14-15H2,1-2H3,(H,23,27)(H,24,28)/p+1. The maximum Gasteiger partial charge on any atom is 0.279 e. The second-order valence-corrected chi connectivity index (χ2v) is 6.81. The Morgan fingerprint density at radius 2 is 1.66 bits per heavy atom. The van der Waals surface area contributed by atoms with Gasteiger partial charge in [0.1, 0.15) is 12.2 Å². The topological polar surface area (TPSA) is 88.7 Å². The monoisotopic (exact) mass is 393 g/mol. The fraction of sp³-hybridized carbons (Fsp3) is 0.227. The van der Waals surface area contributed by atoms with Gasteiger partial charge >= 0.3 is 0 Å². The quantitative estimate of drug-likeness (QED) is 0.548. The van der Waals surface area contributed by atoms with Gasteiger partial charge in [-0.3, -0.25) is 9.59 Å². The van der Waals surface area contributed by atoms with Crippen LogP contribution in [0.4, 0.5) is 11.4 Å². The van der Waals surface area contributed by atoms with E-state index in [2.05, 4.69) is 15.8 Å². The van der Waals surface area contributed by atoms with Crippen molar-refractivity contribution in [1.29, 1.82) is 0 Å². The molecule has 3 aromatic rings. The first-order valence-corrected chi connectivity index (χ1v) is 9.55. The van der Waals surface area contributed by atoms with Gasteiger partial charge in [-0.2, -0.15) is 0 Å². The smallest absolute Gasteiger partial charge is 0.279 e. The molecule has 0 fully saturated rings. The van der Waals surface area contributed by atoms with Crippen molar-refractivity contribution in [2.75, 3.05) is 23.7 Å². The van der Waals surface area contributed by atoms with E-state index < -0.39 is 0 Å². The van der Waals surface area contributed by atoms with E-state index in [1.807, 2.05) is 43.3 Å². The molecular weight excluding hydrogens is 368 g/mol. The molecule has 29 heavy (non-hydrogen) atoms. The summed E-state index contributed by atoms with van der Waals surface area (Å²) in [6, 6.07) is 18.8. The lowest BCUT2D eigenvalue weighted by molar-refractivity contribution is -0.904. The van der Waals surface area contributed by atoms with Crippen LogP contribution in [0, 0.1) is 0 Å². The van der Waals surface area contributed by atoms with Crippen LogP contribution in [0.3, 0.4) is 0 Å². The van der Waals surface area contributed by atoms with Gasteiger partial charge in [0.15, 0.2) is 12.3 Å². The summed E-state index contributed by atoms with van der Waals surface area (Å²) < 4.78 is 5.44. The average molecular weight is 393 g/mol. The van der Waals surface area contributed by atoms with Gasteiger partial charge < -0.3 is 20.1 Å². The molecule has 1 aromatic heterocycles. The largest absolute Gasteiger partial charge is 0.356 e. The predicted octanol–water partition coefficient (Wildman–Crippen LogP) is 2.34. The molecule has 0 radical (unpaired) electrons. The van der Waals surface area contributed by atoms with Gasteiger partial charge in [-0.1, -0.05) is 35.5 Å². The van der Waals surface area contributed by atoms with Crippen molar-refractivity contribution in [3.8, 4) is 11.3 Å². The Balaban J connectivity index is 1.55. The molecule has 7 heteroatoms. The van der Waals surface area contributed by atoms with Crippen LogP contribution >= 0.6 is 0 Å². The number of aromatic nitrogens is 1. The lowest BCUT2D eigenvalue weighted by Crippen LogP contribution is -3.11. The molecule has 0 aliphatic rings. The minimum atomic E-state index is -0.132. The SMILES string of the molecule is CC[NH+](CC(=O)Nc1ccc(NC(C)=O)cc1)Cc1cc(-c2ccccc2)on1. The number of hydrogen-bond donors (Lipinski definition) is 3. The van der Waals surface area contributed by atoms with Crippen LogP contribution < -0.4 is 15.5 Å². The van der Waals surface area contributed by atoms with Crippen molar-refractivity contribution in [3.05, 3.63) is 66.4 Å². The molecule has 7 nitrogen and oxygen atoms in total. The Bertz CT molecular complexity index is 952. The molecule has 0 spiro atoms. The number of amides is 2. The Labute approximate surface area is 169 Å². The summed E-state index contributed by atoms with van der Waals surface area (Å²) in [7, 11) is 0. The molecule has 2 aromatic carbocycles. The van der Waals surface area contributed by atoms with E-state index in [4.69, 9.17) is 4.52 Å². The zero-order valence-electron chi connectivity index (χ0n) is 16.6.